The molecule has 2 aliphatic rings. The molecule has 70 valence electrons. The minimum Gasteiger partial charge on any atom is -0.378 e. The Bertz CT molecular complexity index is 117. The Morgan fingerprint density at radius 1 is 1.33 bits per heavy atom. The molecule has 0 aromatic heterocycles. The van der Waals surface area contributed by atoms with Gasteiger partial charge in [-0.3, -0.25) is 4.90 Å². The molecule has 2 saturated heterocycles. The van der Waals surface area contributed by atoms with Gasteiger partial charge >= 0.3 is 0 Å². The van der Waals surface area contributed by atoms with E-state index in [4.69, 9.17) is 4.74 Å². The van der Waals surface area contributed by atoms with Crippen LogP contribution in [0.5, 0.6) is 0 Å². The van der Waals surface area contributed by atoms with Crippen LogP contribution in [0.2, 0.25) is 0 Å². The lowest BCUT2D eigenvalue weighted by molar-refractivity contribution is 0.0873. The van der Waals surface area contributed by atoms with Crippen molar-refractivity contribution in [3.63, 3.8) is 0 Å². The van der Waals surface area contributed by atoms with Crippen molar-refractivity contribution in [2.45, 2.75) is 5.37 Å². The maximum atomic E-state index is 5.45. The van der Waals surface area contributed by atoms with Gasteiger partial charge in [0.1, 0.15) is 0 Å². The lowest BCUT2D eigenvalue weighted by Crippen LogP contribution is -2.49. The summed E-state index contributed by atoms with van der Waals surface area (Å²) in [5.41, 5.74) is 0. The monoisotopic (exact) mass is 188 g/mol. The number of piperazine rings is 1. The zero-order valence-corrected chi connectivity index (χ0v) is 8.11. The van der Waals surface area contributed by atoms with Crippen LogP contribution in [-0.2, 0) is 4.74 Å². The van der Waals surface area contributed by atoms with Crippen molar-refractivity contribution in [3.8, 4) is 0 Å². The molecule has 12 heavy (non-hydrogen) atoms. The van der Waals surface area contributed by atoms with E-state index in [0.29, 0.717) is 5.37 Å². The molecule has 1 N–H and O–H groups in total. The molecule has 1 atom stereocenters. The van der Waals surface area contributed by atoms with Crippen molar-refractivity contribution in [1.29, 1.82) is 0 Å². The van der Waals surface area contributed by atoms with Crippen LogP contribution in [0.25, 0.3) is 0 Å². The van der Waals surface area contributed by atoms with E-state index < -0.39 is 0 Å². The van der Waals surface area contributed by atoms with Crippen LogP contribution in [0.1, 0.15) is 0 Å². The van der Waals surface area contributed by atoms with Gasteiger partial charge in [-0.2, -0.15) is 0 Å². The largest absolute Gasteiger partial charge is 0.378 e. The second-order valence-electron chi connectivity index (χ2n) is 3.19. The lowest BCUT2D eigenvalue weighted by Gasteiger charge is -2.36. The molecule has 0 radical (unpaired) electrons. The van der Waals surface area contributed by atoms with E-state index in [1.165, 1.54) is 13.1 Å². The molecule has 0 bridgehead atoms. The average Bonchev–Trinajstić information content (AvgIpc) is 2.21. The third-order valence-electron chi connectivity index (χ3n) is 2.36. The minimum atomic E-state index is 0.626. The number of nitrogens with zero attached hydrogens (tertiary/aromatic N) is 1. The zero-order valence-electron chi connectivity index (χ0n) is 7.29. The van der Waals surface area contributed by atoms with Crippen LogP contribution in [0.15, 0.2) is 0 Å². The number of hydrogen-bond acceptors (Lipinski definition) is 4. The van der Waals surface area contributed by atoms with Gasteiger partial charge in [0.15, 0.2) is 0 Å². The lowest BCUT2D eigenvalue weighted by atomic mass is 10.3. The number of thioether (sulfide) groups is 1. The van der Waals surface area contributed by atoms with Gasteiger partial charge in [0, 0.05) is 31.9 Å². The van der Waals surface area contributed by atoms with Crippen molar-refractivity contribution >= 4 is 11.8 Å². The molecule has 0 aliphatic carbocycles. The summed E-state index contributed by atoms with van der Waals surface area (Å²) < 4.78 is 5.45. The molecule has 2 rings (SSSR count). The first kappa shape index (κ1) is 8.81. The normalized spacial score (nSPS) is 33.5. The maximum absolute atomic E-state index is 5.45. The van der Waals surface area contributed by atoms with Crippen LogP contribution in [0, 0.1) is 0 Å². The molecular weight excluding hydrogens is 172 g/mol. The van der Waals surface area contributed by atoms with Gasteiger partial charge in [-0.15, -0.1) is 11.8 Å². The van der Waals surface area contributed by atoms with Crippen molar-refractivity contribution in [1.82, 2.24) is 10.2 Å². The molecule has 0 saturated carbocycles. The molecule has 0 aromatic carbocycles. The van der Waals surface area contributed by atoms with E-state index in [2.05, 4.69) is 10.2 Å². The summed E-state index contributed by atoms with van der Waals surface area (Å²) in [6, 6.07) is 0. The zero-order chi connectivity index (χ0) is 8.23. The number of hydrogen-bond donors (Lipinski definition) is 1. The summed E-state index contributed by atoms with van der Waals surface area (Å²) in [6.07, 6.45) is 0. The van der Waals surface area contributed by atoms with E-state index in [0.717, 1.165) is 32.1 Å². The van der Waals surface area contributed by atoms with Crippen LogP contribution < -0.4 is 5.32 Å². The smallest absolute Gasteiger partial charge is 0.0796 e. The average molecular weight is 188 g/mol. The van der Waals surface area contributed by atoms with Crippen LogP contribution in [0.4, 0.5) is 0 Å². The fourth-order valence-corrected chi connectivity index (χ4v) is 2.76. The molecule has 0 amide bonds. The molecular formula is C8H16N2OS. The molecule has 0 spiro atoms. The summed E-state index contributed by atoms with van der Waals surface area (Å²) in [5.74, 6) is 1.16. The Balaban J connectivity index is 1.80. The summed E-state index contributed by atoms with van der Waals surface area (Å²) in [5, 5.41) is 3.99. The number of nitrogens with one attached hydrogen (secondary N) is 1. The molecule has 4 heteroatoms. The molecule has 2 fully saturated rings. The predicted molar refractivity (Wildman–Crippen MR) is 51.5 cm³/mol. The van der Waals surface area contributed by atoms with Gasteiger partial charge in [0.05, 0.1) is 18.6 Å². The Hall–Kier alpha value is 0.230. The number of ether oxygens (including phenoxy) is 1. The van der Waals surface area contributed by atoms with Gasteiger partial charge in [0.2, 0.25) is 0 Å². The Morgan fingerprint density at radius 2 is 2.17 bits per heavy atom. The van der Waals surface area contributed by atoms with E-state index in [9.17, 15) is 0 Å². The quantitative estimate of drug-likeness (QED) is 0.625. The predicted octanol–water partition coefficient (Wildman–Crippen LogP) is -0.0189. The molecule has 2 heterocycles. The SMILES string of the molecule is C1CN(C2COCCS2)CCN1. The molecule has 2 aliphatic heterocycles. The first-order chi connectivity index (χ1) is 5.97. The van der Waals surface area contributed by atoms with Gasteiger partial charge in [-0.25, -0.2) is 0 Å². The first-order valence-electron chi connectivity index (χ1n) is 4.61. The van der Waals surface area contributed by atoms with Crippen molar-refractivity contribution in [2.24, 2.45) is 0 Å². The highest BCUT2D eigenvalue weighted by Crippen LogP contribution is 2.20. The maximum Gasteiger partial charge on any atom is 0.0796 e. The van der Waals surface area contributed by atoms with Gasteiger partial charge < -0.3 is 10.1 Å². The van der Waals surface area contributed by atoms with Gasteiger partial charge in [-0.05, 0) is 0 Å². The van der Waals surface area contributed by atoms with Crippen LogP contribution in [0.3, 0.4) is 0 Å². The van der Waals surface area contributed by atoms with Crippen molar-refractivity contribution < 1.29 is 4.74 Å². The van der Waals surface area contributed by atoms with E-state index in [-0.39, 0.29) is 0 Å². The Labute approximate surface area is 77.8 Å². The second kappa shape index (κ2) is 4.46. The highest BCUT2D eigenvalue weighted by Gasteiger charge is 2.22. The topological polar surface area (TPSA) is 24.5 Å². The van der Waals surface area contributed by atoms with Crippen LogP contribution in [-0.4, -0.2) is 55.4 Å². The van der Waals surface area contributed by atoms with E-state index in [1.54, 1.807) is 0 Å². The molecule has 3 nitrogen and oxygen atoms in total. The van der Waals surface area contributed by atoms with Gasteiger partial charge in [-0.1, -0.05) is 0 Å². The fraction of sp³-hybridized carbons (Fsp3) is 1.00. The van der Waals surface area contributed by atoms with E-state index in [1.807, 2.05) is 11.8 Å². The standard InChI is InChI=1S/C8H16N2OS/c1-3-10(4-2-9-1)8-7-11-5-6-12-8/h8-9H,1-7H2. The molecule has 0 aromatic rings. The summed E-state index contributed by atoms with van der Waals surface area (Å²) in [7, 11) is 0. The Morgan fingerprint density at radius 3 is 2.83 bits per heavy atom. The first-order valence-corrected chi connectivity index (χ1v) is 5.66. The van der Waals surface area contributed by atoms with Gasteiger partial charge in [0.25, 0.3) is 0 Å². The van der Waals surface area contributed by atoms with E-state index >= 15 is 0 Å². The fourth-order valence-electron chi connectivity index (χ4n) is 1.66. The van der Waals surface area contributed by atoms with Crippen molar-refractivity contribution in [3.05, 3.63) is 0 Å². The molecule has 1 unspecified atom stereocenters. The third kappa shape index (κ3) is 2.13. The highest BCUT2D eigenvalue weighted by molar-refractivity contribution is 7.99. The Kier molecular flexibility index (Phi) is 3.28. The van der Waals surface area contributed by atoms with Crippen LogP contribution >= 0.6 is 11.8 Å². The summed E-state index contributed by atoms with van der Waals surface area (Å²) >= 11 is 2.04. The second-order valence-corrected chi connectivity index (χ2v) is 4.47. The highest BCUT2D eigenvalue weighted by atomic mass is 32.2. The van der Waals surface area contributed by atoms with Crippen molar-refractivity contribution in [2.75, 3.05) is 45.1 Å². The summed E-state index contributed by atoms with van der Waals surface area (Å²) in [4.78, 5) is 2.53. The third-order valence-corrected chi connectivity index (χ3v) is 3.58. The summed E-state index contributed by atoms with van der Waals surface area (Å²) in [6.45, 7) is 6.49. The number of rotatable bonds is 1. The minimum absolute atomic E-state index is 0.626.